The first-order valence-electron chi connectivity index (χ1n) is 4.59. The lowest BCUT2D eigenvalue weighted by Crippen LogP contribution is -2.21. The number of aliphatic carboxylic acids is 1. The van der Waals surface area contributed by atoms with Gasteiger partial charge in [0.15, 0.2) is 0 Å². The number of carboxylic acid groups (broad SMARTS) is 1. The van der Waals surface area contributed by atoms with Crippen molar-refractivity contribution in [3.8, 4) is 0 Å². The summed E-state index contributed by atoms with van der Waals surface area (Å²) in [5, 5.41) is 14.3. The molecule has 0 fully saturated rings. The maximum absolute atomic E-state index is 12.9. The molecule has 1 aromatic carbocycles. The molecule has 0 bridgehead atoms. The third kappa shape index (κ3) is 8.05. The van der Waals surface area contributed by atoms with E-state index in [1.54, 1.807) is 6.07 Å². The first kappa shape index (κ1) is 15.9. The lowest BCUT2D eigenvalue weighted by Gasteiger charge is -1.94. The number of nitrogens with two attached hydrogens (primary N) is 2. The number of carbonyl (C=O) groups is 1. The predicted octanol–water partition coefficient (Wildman–Crippen LogP) is 1.18. The Labute approximate surface area is 108 Å². The van der Waals surface area contributed by atoms with Gasteiger partial charge in [-0.05, 0) is 17.7 Å². The van der Waals surface area contributed by atoms with Crippen LogP contribution in [-0.4, -0.2) is 23.2 Å². The molecule has 0 atom stereocenters. The van der Waals surface area contributed by atoms with E-state index in [-0.39, 0.29) is 11.0 Å². The zero-order valence-corrected chi connectivity index (χ0v) is 10.2. The summed E-state index contributed by atoms with van der Waals surface area (Å²) < 4.78 is 12.9. The summed E-state index contributed by atoms with van der Waals surface area (Å²) in [5.41, 5.74) is 10.6. The van der Waals surface area contributed by atoms with Gasteiger partial charge in [-0.3, -0.25) is 4.79 Å². The average Bonchev–Trinajstić information content (AvgIpc) is 2.22. The molecule has 0 saturated carbocycles. The quantitative estimate of drug-likeness (QED) is 0.427. The Morgan fingerprint density at radius 2 is 2.06 bits per heavy atom. The molecule has 0 aromatic heterocycles. The minimum atomic E-state index is -0.833. The van der Waals surface area contributed by atoms with Crippen LogP contribution in [0.15, 0.2) is 28.4 Å². The summed E-state index contributed by atoms with van der Waals surface area (Å²) in [6.45, 7) is 1.08. The van der Waals surface area contributed by atoms with E-state index in [0.29, 0.717) is 5.56 Å². The van der Waals surface area contributed by atoms with Crippen molar-refractivity contribution in [3.63, 3.8) is 0 Å². The molecule has 98 valence electrons. The van der Waals surface area contributed by atoms with E-state index in [9.17, 15) is 4.39 Å². The van der Waals surface area contributed by atoms with Gasteiger partial charge in [-0.2, -0.15) is 5.10 Å². The van der Waals surface area contributed by atoms with E-state index in [4.69, 9.17) is 33.0 Å². The van der Waals surface area contributed by atoms with Crippen molar-refractivity contribution < 1.29 is 14.3 Å². The molecular formula is C10H12ClFN4O2. The fraction of sp³-hybridized carbons (Fsp3) is 0.100. The molecule has 0 radical (unpaired) electrons. The Kier molecular flexibility index (Phi) is 7.06. The molecule has 0 unspecified atom stereocenters. The molecule has 0 aliphatic rings. The zero-order chi connectivity index (χ0) is 14.1. The Bertz CT molecular complexity index is 469. The van der Waals surface area contributed by atoms with Gasteiger partial charge >= 0.3 is 0 Å². The van der Waals surface area contributed by atoms with Crippen molar-refractivity contribution in [1.82, 2.24) is 0 Å². The fourth-order valence-electron chi connectivity index (χ4n) is 0.755. The Hall–Kier alpha value is -2.15. The fourth-order valence-corrected chi connectivity index (χ4v) is 0.872. The van der Waals surface area contributed by atoms with Crippen molar-refractivity contribution in [1.29, 1.82) is 0 Å². The molecule has 5 N–H and O–H groups in total. The minimum absolute atomic E-state index is 0.0593. The van der Waals surface area contributed by atoms with Gasteiger partial charge in [0.1, 0.15) is 5.82 Å². The highest BCUT2D eigenvalue weighted by Gasteiger charge is 1.98. The van der Waals surface area contributed by atoms with Crippen LogP contribution in [0.3, 0.4) is 0 Å². The van der Waals surface area contributed by atoms with E-state index >= 15 is 0 Å². The molecule has 0 spiro atoms. The molecule has 1 aromatic rings. The molecule has 0 amide bonds. The van der Waals surface area contributed by atoms with E-state index in [1.807, 2.05) is 0 Å². The predicted molar refractivity (Wildman–Crippen MR) is 68.1 cm³/mol. The largest absolute Gasteiger partial charge is 0.481 e. The van der Waals surface area contributed by atoms with Crippen LogP contribution in [0.4, 0.5) is 4.39 Å². The van der Waals surface area contributed by atoms with E-state index in [2.05, 4.69) is 10.2 Å². The Morgan fingerprint density at radius 1 is 1.50 bits per heavy atom. The number of hydrogen-bond acceptors (Lipinski definition) is 3. The first-order chi connectivity index (χ1) is 8.32. The van der Waals surface area contributed by atoms with Crippen molar-refractivity contribution in [2.75, 3.05) is 0 Å². The molecule has 0 heterocycles. The number of halogens is 2. The van der Waals surface area contributed by atoms with E-state index in [1.165, 1.54) is 18.3 Å². The summed E-state index contributed by atoms with van der Waals surface area (Å²) in [5.74, 6) is -1.50. The van der Waals surface area contributed by atoms with Crippen LogP contribution >= 0.6 is 11.6 Å². The molecule has 18 heavy (non-hydrogen) atoms. The smallest absolute Gasteiger partial charge is 0.300 e. The molecule has 1 rings (SSSR count). The molecule has 0 saturated heterocycles. The highest BCUT2D eigenvalue weighted by Crippen LogP contribution is 2.14. The van der Waals surface area contributed by atoms with Crippen molar-refractivity contribution in [3.05, 3.63) is 34.6 Å². The average molecular weight is 275 g/mol. The number of hydrogen-bond donors (Lipinski definition) is 3. The number of rotatable bonds is 2. The molecule has 0 aliphatic heterocycles. The lowest BCUT2D eigenvalue weighted by atomic mass is 10.2. The van der Waals surface area contributed by atoms with Crippen molar-refractivity contribution in [2.24, 2.45) is 21.7 Å². The first-order valence-corrected chi connectivity index (χ1v) is 4.97. The summed E-state index contributed by atoms with van der Waals surface area (Å²) in [6, 6.07) is 4.25. The summed E-state index contributed by atoms with van der Waals surface area (Å²) in [6.07, 6.45) is 1.32. The summed E-state index contributed by atoms with van der Waals surface area (Å²) in [7, 11) is 0. The van der Waals surface area contributed by atoms with Crippen LogP contribution in [0, 0.1) is 5.82 Å². The maximum Gasteiger partial charge on any atom is 0.300 e. The second kappa shape index (κ2) is 8.02. The molecule has 0 aliphatic carbocycles. The van der Waals surface area contributed by atoms with Crippen LogP contribution in [0.5, 0.6) is 0 Å². The monoisotopic (exact) mass is 274 g/mol. The van der Waals surface area contributed by atoms with Crippen LogP contribution in [0.1, 0.15) is 12.5 Å². The molecule has 8 heteroatoms. The number of guanidine groups is 1. The van der Waals surface area contributed by atoms with Gasteiger partial charge in [0.25, 0.3) is 5.97 Å². The SMILES string of the molecule is CC(=O)O.NC(N)=N/N=C/c1ccc(Cl)c(F)c1. The zero-order valence-electron chi connectivity index (χ0n) is 9.47. The summed E-state index contributed by atoms with van der Waals surface area (Å²) in [4.78, 5) is 9.00. The highest BCUT2D eigenvalue weighted by atomic mass is 35.5. The van der Waals surface area contributed by atoms with Gasteiger partial charge in [0, 0.05) is 6.92 Å². The normalized spacial score (nSPS) is 9.50. The topological polar surface area (TPSA) is 114 Å². The van der Waals surface area contributed by atoms with Gasteiger partial charge in [0.2, 0.25) is 5.96 Å². The maximum atomic E-state index is 12.9. The van der Waals surface area contributed by atoms with Gasteiger partial charge in [-0.1, -0.05) is 17.7 Å². The summed E-state index contributed by atoms with van der Waals surface area (Å²) >= 11 is 5.48. The second-order valence-electron chi connectivity index (χ2n) is 2.96. The van der Waals surface area contributed by atoms with Gasteiger partial charge in [-0.25, -0.2) is 4.39 Å². The van der Waals surface area contributed by atoms with Crippen molar-refractivity contribution >= 4 is 29.7 Å². The second-order valence-corrected chi connectivity index (χ2v) is 3.37. The van der Waals surface area contributed by atoms with Crippen molar-refractivity contribution in [2.45, 2.75) is 6.92 Å². The number of nitrogens with zero attached hydrogens (tertiary/aromatic N) is 2. The van der Waals surface area contributed by atoms with Crippen LogP contribution in [0.2, 0.25) is 5.02 Å². The van der Waals surface area contributed by atoms with Gasteiger partial charge in [-0.15, -0.1) is 5.10 Å². The standard InChI is InChI=1S/C8H8ClFN4.C2H4O2/c9-6-2-1-5(3-7(6)10)4-13-14-8(11)12;1-2(3)4/h1-4H,(H4,11,12,14);1H3,(H,3,4)/b13-4+;. The van der Waals surface area contributed by atoms with Crippen LogP contribution in [-0.2, 0) is 4.79 Å². The van der Waals surface area contributed by atoms with Gasteiger partial charge in [0.05, 0.1) is 11.2 Å². The van der Waals surface area contributed by atoms with Crippen LogP contribution < -0.4 is 11.5 Å². The van der Waals surface area contributed by atoms with E-state index < -0.39 is 11.8 Å². The highest BCUT2D eigenvalue weighted by molar-refractivity contribution is 6.30. The third-order valence-electron chi connectivity index (χ3n) is 1.32. The number of benzene rings is 1. The molecular weight excluding hydrogens is 263 g/mol. The van der Waals surface area contributed by atoms with E-state index in [0.717, 1.165) is 6.92 Å². The third-order valence-corrected chi connectivity index (χ3v) is 1.63. The Balaban J connectivity index is 0.000000631. The lowest BCUT2D eigenvalue weighted by molar-refractivity contribution is -0.134. The number of carboxylic acids is 1. The van der Waals surface area contributed by atoms with Gasteiger partial charge < -0.3 is 16.6 Å². The molecule has 6 nitrogen and oxygen atoms in total. The minimum Gasteiger partial charge on any atom is -0.481 e. The van der Waals surface area contributed by atoms with Crippen LogP contribution in [0.25, 0.3) is 0 Å². The Morgan fingerprint density at radius 3 is 2.50 bits per heavy atom.